The molecule has 11 heteroatoms. The Balaban J connectivity index is 5.73. The van der Waals surface area contributed by atoms with Crippen molar-refractivity contribution in [3.63, 3.8) is 0 Å². The number of carboxylic acids is 4. The third-order valence-electron chi connectivity index (χ3n) is 3.01. The largest absolute Gasteiger partial charge is 0.481 e. The molecule has 126 valence electrons. The van der Waals surface area contributed by atoms with Crippen LogP contribution in [-0.2, 0) is 19.2 Å². The second kappa shape index (κ2) is 7.15. The molecule has 22 heavy (non-hydrogen) atoms. The molecule has 0 unspecified atom stereocenters. The Labute approximate surface area is 124 Å². The lowest BCUT2D eigenvalue weighted by atomic mass is 9.73. The monoisotopic (exact) mass is 322 g/mol. The standard InChI is InChI=1S/C11H18N2O9/c12-10(1-5(14)15,2-6(16)17)9(22)11(13,3-7(18)19)4-8(20)21/h9,22H,1-4,12-13H2,(H,14,15)(H,16,17)(H,18,19)(H,20,21). The van der Waals surface area contributed by atoms with Gasteiger partial charge in [0.15, 0.2) is 0 Å². The fourth-order valence-corrected chi connectivity index (χ4v) is 2.21. The number of aliphatic hydroxyl groups excluding tert-OH is 1. The summed E-state index contributed by atoms with van der Waals surface area (Å²) in [5.74, 6) is -6.24. The number of nitrogens with two attached hydrogens (primary N) is 2. The number of carbonyl (C=O) groups is 4. The van der Waals surface area contributed by atoms with E-state index in [9.17, 15) is 24.3 Å². The molecule has 0 spiro atoms. The van der Waals surface area contributed by atoms with Gasteiger partial charge in [-0.1, -0.05) is 0 Å². The maximum Gasteiger partial charge on any atom is 0.305 e. The molecule has 0 aromatic heterocycles. The molecule has 0 bridgehead atoms. The van der Waals surface area contributed by atoms with E-state index in [0.29, 0.717) is 0 Å². The summed E-state index contributed by atoms with van der Waals surface area (Å²) in [6.45, 7) is 0. The molecular formula is C11H18N2O9. The Bertz CT molecular complexity index is 402. The van der Waals surface area contributed by atoms with E-state index in [4.69, 9.17) is 31.9 Å². The highest BCUT2D eigenvalue weighted by Crippen LogP contribution is 2.29. The SMILES string of the molecule is NC(CC(=O)O)(CC(=O)O)C(O)C(N)(CC(=O)O)CC(=O)O. The average Bonchev–Trinajstić information content (AvgIpc) is 2.22. The first-order chi connectivity index (χ1) is 9.82. The Morgan fingerprint density at radius 3 is 1.00 bits per heavy atom. The van der Waals surface area contributed by atoms with Crippen molar-refractivity contribution < 1.29 is 44.7 Å². The van der Waals surface area contributed by atoms with Crippen molar-refractivity contribution in [1.29, 1.82) is 0 Å². The van der Waals surface area contributed by atoms with Crippen molar-refractivity contribution in [2.45, 2.75) is 42.9 Å². The van der Waals surface area contributed by atoms with Gasteiger partial charge in [0.2, 0.25) is 0 Å². The van der Waals surface area contributed by atoms with Crippen molar-refractivity contribution in [2.24, 2.45) is 11.5 Å². The van der Waals surface area contributed by atoms with Gasteiger partial charge in [0.25, 0.3) is 0 Å². The van der Waals surface area contributed by atoms with Crippen molar-refractivity contribution >= 4 is 23.9 Å². The van der Waals surface area contributed by atoms with E-state index in [1.165, 1.54) is 0 Å². The molecule has 0 rings (SSSR count). The van der Waals surface area contributed by atoms with Gasteiger partial charge in [0.1, 0.15) is 0 Å². The molecular weight excluding hydrogens is 304 g/mol. The third kappa shape index (κ3) is 5.63. The summed E-state index contributed by atoms with van der Waals surface area (Å²) in [7, 11) is 0. The summed E-state index contributed by atoms with van der Waals surface area (Å²) < 4.78 is 0. The van der Waals surface area contributed by atoms with E-state index >= 15 is 0 Å². The first-order valence-corrected chi connectivity index (χ1v) is 5.95. The van der Waals surface area contributed by atoms with E-state index in [1.54, 1.807) is 0 Å². The summed E-state index contributed by atoms with van der Waals surface area (Å²) in [5.41, 5.74) is 6.53. The van der Waals surface area contributed by atoms with Crippen LogP contribution in [0.2, 0.25) is 0 Å². The topological polar surface area (TPSA) is 221 Å². The summed E-state index contributed by atoms with van der Waals surface area (Å²) in [6, 6.07) is 0. The normalized spacial score (nSPS) is 12.2. The maximum absolute atomic E-state index is 10.8. The maximum atomic E-state index is 10.8. The predicted octanol–water partition coefficient (Wildman–Crippen LogP) is -2.36. The molecule has 0 aliphatic heterocycles. The van der Waals surface area contributed by atoms with E-state index in [0.717, 1.165) is 0 Å². The number of hydrogen-bond acceptors (Lipinski definition) is 7. The highest BCUT2D eigenvalue weighted by atomic mass is 16.4. The number of aliphatic carboxylic acids is 4. The van der Waals surface area contributed by atoms with Crippen molar-refractivity contribution in [3.8, 4) is 0 Å². The predicted molar refractivity (Wildman–Crippen MR) is 68.9 cm³/mol. The second-order valence-corrected chi connectivity index (χ2v) is 5.15. The van der Waals surface area contributed by atoms with Crippen LogP contribution >= 0.6 is 0 Å². The van der Waals surface area contributed by atoms with Crippen LogP contribution in [-0.4, -0.2) is 66.6 Å². The van der Waals surface area contributed by atoms with Crippen LogP contribution in [0.3, 0.4) is 0 Å². The van der Waals surface area contributed by atoms with Gasteiger partial charge in [-0.25, -0.2) is 0 Å². The van der Waals surface area contributed by atoms with Crippen LogP contribution in [0, 0.1) is 0 Å². The minimum atomic E-state index is -2.34. The second-order valence-electron chi connectivity index (χ2n) is 5.15. The van der Waals surface area contributed by atoms with Gasteiger partial charge in [-0.2, -0.15) is 0 Å². The van der Waals surface area contributed by atoms with Crippen molar-refractivity contribution in [1.82, 2.24) is 0 Å². The minimum absolute atomic E-state index is 1.04. The van der Waals surface area contributed by atoms with E-state index in [1.807, 2.05) is 0 Å². The lowest BCUT2D eigenvalue weighted by Gasteiger charge is -2.41. The Kier molecular flexibility index (Phi) is 6.43. The molecule has 0 saturated heterocycles. The minimum Gasteiger partial charge on any atom is -0.481 e. The lowest BCUT2D eigenvalue weighted by molar-refractivity contribution is -0.147. The van der Waals surface area contributed by atoms with E-state index < -0.39 is 66.7 Å². The molecule has 11 nitrogen and oxygen atoms in total. The molecule has 0 aliphatic rings. The fourth-order valence-electron chi connectivity index (χ4n) is 2.21. The van der Waals surface area contributed by atoms with Gasteiger partial charge in [-0.3, -0.25) is 19.2 Å². The van der Waals surface area contributed by atoms with Gasteiger partial charge < -0.3 is 37.0 Å². The summed E-state index contributed by atoms with van der Waals surface area (Å²) in [5, 5.41) is 45.3. The molecule has 0 aliphatic carbocycles. The highest BCUT2D eigenvalue weighted by molar-refractivity contribution is 5.75. The zero-order valence-electron chi connectivity index (χ0n) is 11.4. The average molecular weight is 322 g/mol. The van der Waals surface area contributed by atoms with Gasteiger partial charge in [0, 0.05) is 0 Å². The van der Waals surface area contributed by atoms with Crippen LogP contribution in [0.1, 0.15) is 25.7 Å². The van der Waals surface area contributed by atoms with Crippen LogP contribution in [0.5, 0.6) is 0 Å². The molecule has 9 N–H and O–H groups in total. The number of hydrogen-bond donors (Lipinski definition) is 7. The molecule has 0 aromatic rings. The smallest absolute Gasteiger partial charge is 0.305 e. The number of aliphatic hydroxyl groups is 1. The first-order valence-electron chi connectivity index (χ1n) is 5.95. The first kappa shape index (κ1) is 19.8. The molecule has 0 fully saturated rings. The van der Waals surface area contributed by atoms with Crippen LogP contribution in [0.4, 0.5) is 0 Å². The highest BCUT2D eigenvalue weighted by Gasteiger charge is 2.50. The van der Waals surface area contributed by atoms with Crippen LogP contribution in [0.25, 0.3) is 0 Å². The fraction of sp³-hybridized carbons (Fsp3) is 0.636. The summed E-state index contributed by atoms with van der Waals surface area (Å²) in [6.07, 6.45) is -6.37. The Hall–Kier alpha value is -2.24. The van der Waals surface area contributed by atoms with Crippen LogP contribution < -0.4 is 11.5 Å². The molecule has 0 aromatic carbocycles. The van der Waals surface area contributed by atoms with Gasteiger partial charge in [0.05, 0.1) is 42.9 Å². The van der Waals surface area contributed by atoms with E-state index in [-0.39, 0.29) is 0 Å². The third-order valence-corrected chi connectivity index (χ3v) is 3.01. The molecule has 0 atom stereocenters. The molecule has 0 amide bonds. The lowest BCUT2D eigenvalue weighted by Crippen LogP contribution is -2.67. The molecule has 0 heterocycles. The number of rotatable bonds is 10. The van der Waals surface area contributed by atoms with Crippen LogP contribution in [0.15, 0.2) is 0 Å². The summed E-state index contributed by atoms with van der Waals surface area (Å²) >= 11 is 0. The Morgan fingerprint density at radius 2 is 0.864 bits per heavy atom. The van der Waals surface area contributed by atoms with Gasteiger partial charge >= 0.3 is 23.9 Å². The Morgan fingerprint density at radius 1 is 0.682 bits per heavy atom. The molecule has 0 radical (unpaired) electrons. The van der Waals surface area contributed by atoms with Crippen molar-refractivity contribution in [3.05, 3.63) is 0 Å². The van der Waals surface area contributed by atoms with E-state index in [2.05, 4.69) is 0 Å². The molecule has 0 saturated carbocycles. The zero-order valence-corrected chi connectivity index (χ0v) is 11.4. The number of carboxylic acid groups (broad SMARTS) is 4. The van der Waals surface area contributed by atoms with Crippen molar-refractivity contribution in [2.75, 3.05) is 0 Å². The summed E-state index contributed by atoms with van der Waals surface area (Å²) in [4.78, 5) is 43.3. The zero-order chi connectivity index (χ0) is 17.7. The van der Waals surface area contributed by atoms with Gasteiger partial charge in [-0.05, 0) is 0 Å². The van der Waals surface area contributed by atoms with Gasteiger partial charge in [-0.15, -0.1) is 0 Å². The quantitative estimate of drug-likeness (QED) is 0.225.